The normalized spacial score (nSPS) is 15.5. The molecule has 4 heteroatoms. The van der Waals surface area contributed by atoms with Crippen molar-refractivity contribution in [2.75, 3.05) is 6.54 Å². The zero-order valence-corrected chi connectivity index (χ0v) is 7.41. The van der Waals surface area contributed by atoms with E-state index in [2.05, 4.69) is 4.99 Å². The molecule has 0 spiro atoms. The number of aliphatic imine (C=N–C) groups is 1. The molecule has 2 rings (SSSR count). The van der Waals surface area contributed by atoms with E-state index >= 15 is 0 Å². The van der Waals surface area contributed by atoms with Crippen molar-refractivity contribution in [2.24, 2.45) is 4.99 Å². The first-order valence-corrected chi connectivity index (χ1v) is 4.15. The zero-order chi connectivity index (χ0) is 9.26. The quantitative estimate of drug-likeness (QED) is 0.639. The summed E-state index contributed by atoms with van der Waals surface area (Å²) < 4.78 is 4.85. The summed E-state index contributed by atoms with van der Waals surface area (Å²) in [5, 5.41) is 0.538. The van der Waals surface area contributed by atoms with Crippen LogP contribution in [-0.4, -0.2) is 18.4 Å². The Bertz CT molecular complexity index is 387. The van der Waals surface area contributed by atoms with Crippen LogP contribution in [0.5, 0.6) is 0 Å². The van der Waals surface area contributed by atoms with Crippen LogP contribution >= 0.6 is 11.6 Å². The van der Waals surface area contributed by atoms with Crippen LogP contribution < -0.4 is 0 Å². The molecule has 0 amide bonds. The third-order valence-electron chi connectivity index (χ3n) is 1.67. The highest BCUT2D eigenvalue weighted by Crippen LogP contribution is 2.18. The van der Waals surface area contributed by atoms with Crippen LogP contribution in [0.4, 0.5) is 0 Å². The first-order chi connectivity index (χ1) is 6.27. The number of ether oxygens (including phenoxy) is 1. The van der Waals surface area contributed by atoms with Crippen molar-refractivity contribution in [3.8, 4) is 0 Å². The van der Waals surface area contributed by atoms with E-state index in [4.69, 9.17) is 16.3 Å². The van der Waals surface area contributed by atoms with Crippen LogP contribution in [0.1, 0.15) is 5.56 Å². The van der Waals surface area contributed by atoms with Gasteiger partial charge < -0.3 is 4.74 Å². The van der Waals surface area contributed by atoms with Crippen LogP contribution in [0.2, 0.25) is 5.02 Å². The Morgan fingerprint density at radius 1 is 1.38 bits per heavy atom. The lowest BCUT2D eigenvalue weighted by molar-refractivity contribution is -0.132. The Hall–Kier alpha value is -1.35. The Morgan fingerprint density at radius 2 is 2.15 bits per heavy atom. The van der Waals surface area contributed by atoms with E-state index in [0.29, 0.717) is 16.5 Å². The third-order valence-corrected chi connectivity index (χ3v) is 2.00. The van der Waals surface area contributed by atoms with Gasteiger partial charge in [-0.1, -0.05) is 23.7 Å². The van der Waals surface area contributed by atoms with Crippen LogP contribution in [-0.2, 0) is 9.53 Å². The number of carbonyl (C=O) groups is 1. The highest BCUT2D eigenvalue weighted by Gasteiger charge is 2.19. The fraction of sp³-hybridized carbons (Fsp3) is 0.111. The highest BCUT2D eigenvalue weighted by molar-refractivity contribution is 6.34. The molecule has 1 aliphatic rings. The summed E-state index contributed by atoms with van der Waals surface area (Å²) in [6, 6.07) is 7.12. The summed E-state index contributed by atoms with van der Waals surface area (Å²) in [7, 11) is 0. The van der Waals surface area contributed by atoms with E-state index in [9.17, 15) is 4.79 Å². The summed E-state index contributed by atoms with van der Waals surface area (Å²) >= 11 is 5.88. The number of esters is 1. The summed E-state index contributed by atoms with van der Waals surface area (Å²) in [4.78, 5) is 14.7. The van der Waals surface area contributed by atoms with Gasteiger partial charge in [-0.3, -0.25) is 0 Å². The molecule has 13 heavy (non-hydrogen) atoms. The van der Waals surface area contributed by atoms with Gasteiger partial charge in [0, 0.05) is 0 Å². The molecule has 3 nitrogen and oxygen atoms in total. The number of rotatable bonds is 1. The van der Waals surface area contributed by atoms with E-state index in [1.807, 2.05) is 12.1 Å². The smallest absolute Gasteiger partial charge is 0.334 e. The van der Waals surface area contributed by atoms with Crippen LogP contribution in [0.15, 0.2) is 29.3 Å². The van der Waals surface area contributed by atoms with Gasteiger partial charge in [-0.25, -0.2) is 9.79 Å². The Morgan fingerprint density at radius 3 is 2.77 bits per heavy atom. The molecule has 0 fully saturated rings. The van der Waals surface area contributed by atoms with E-state index in [1.54, 1.807) is 12.1 Å². The molecule has 1 aromatic carbocycles. The molecule has 66 valence electrons. The minimum Gasteiger partial charge on any atom is -0.406 e. The van der Waals surface area contributed by atoms with Crippen molar-refractivity contribution in [1.82, 2.24) is 0 Å². The number of cyclic esters (lactones) is 1. The molecule has 1 aromatic rings. The van der Waals surface area contributed by atoms with Gasteiger partial charge in [0.2, 0.25) is 5.90 Å². The second-order valence-corrected chi connectivity index (χ2v) is 2.98. The summed E-state index contributed by atoms with van der Waals surface area (Å²) in [5.41, 5.74) is 0.662. The van der Waals surface area contributed by atoms with Crippen molar-refractivity contribution in [1.29, 1.82) is 0 Å². The molecule has 0 atom stereocenters. The molecule has 0 bridgehead atoms. The first kappa shape index (κ1) is 8.26. The van der Waals surface area contributed by atoms with Crippen molar-refractivity contribution in [2.45, 2.75) is 0 Å². The van der Waals surface area contributed by atoms with Crippen molar-refractivity contribution in [3.63, 3.8) is 0 Å². The Kier molecular flexibility index (Phi) is 2.02. The first-order valence-electron chi connectivity index (χ1n) is 3.77. The second kappa shape index (κ2) is 3.18. The third kappa shape index (κ3) is 1.55. The molecule has 0 N–H and O–H groups in total. The maximum atomic E-state index is 10.8. The molecule has 1 heterocycles. The van der Waals surface area contributed by atoms with Gasteiger partial charge in [0.1, 0.15) is 6.54 Å². The van der Waals surface area contributed by atoms with Gasteiger partial charge in [-0.15, -0.1) is 0 Å². The van der Waals surface area contributed by atoms with E-state index in [-0.39, 0.29) is 12.5 Å². The number of hydrogen-bond donors (Lipinski definition) is 0. The SMILES string of the molecule is O=C1CN=C(c2ccccc2Cl)O1. The number of carbonyl (C=O) groups excluding carboxylic acids is 1. The molecule has 0 unspecified atom stereocenters. The molecule has 0 saturated heterocycles. The molecule has 0 radical (unpaired) electrons. The molecule has 0 aromatic heterocycles. The number of halogens is 1. The molecule has 0 saturated carbocycles. The van der Waals surface area contributed by atoms with Gasteiger partial charge in [0.05, 0.1) is 10.6 Å². The predicted molar refractivity (Wildman–Crippen MR) is 48.9 cm³/mol. The number of hydrogen-bond acceptors (Lipinski definition) is 3. The van der Waals surface area contributed by atoms with Crippen LogP contribution in [0.25, 0.3) is 0 Å². The number of benzene rings is 1. The maximum Gasteiger partial charge on any atom is 0.334 e. The number of nitrogens with zero attached hydrogens (tertiary/aromatic N) is 1. The minimum atomic E-state index is -0.338. The largest absolute Gasteiger partial charge is 0.406 e. The Labute approximate surface area is 80.0 Å². The second-order valence-electron chi connectivity index (χ2n) is 2.58. The lowest BCUT2D eigenvalue weighted by Gasteiger charge is -2.01. The monoisotopic (exact) mass is 195 g/mol. The summed E-state index contributed by atoms with van der Waals surface area (Å²) in [5.74, 6) is -0.0227. The molecule has 1 aliphatic heterocycles. The molecule has 0 aliphatic carbocycles. The van der Waals surface area contributed by atoms with Gasteiger partial charge in [0.15, 0.2) is 0 Å². The van der Waals surface area contributed by atoms with Gasteiger partial charge in [0.25, 0.3) is 0 Å². The van der Waals surface area contributed by atoms with Gasteiger partial charge in [-0.05, 0) is 12.1 Å². The predicted octanol–water partition coefficient (Wildman–Crippen LogP) is 1.64. The molecular formula is C9H6ClNO2. The fourth-order valence-electron chi connectivity index (χ4n) is 1.08. The van der Waals surface area contributed by atoms with Gasteiger partial charge in [-0.2, -0.15) is 0 Å². The Balaban J connectivity index is 2.37. The summed E-state index contributed by atoms with van der Waals surface area (Å²) in [6.07, 6.45) is 0. The highest BCUT2D eigenvalue weighted by atomic mass is 35.5. The summed E-state index contributed by atoms with van der Waals surface area (Å²) in [6.45, 7) is 0.0839. The van der Waals surface area contributed by atoms with Crippen molar-refractivity contribution < 1.29 is 9.53 Å². The molecular weight excluding hydrogens is 190 g/mol. The zero-order valence-electron chi connectivity index (χ0n) is 6.66. The fourth-order valence-corrected chi connectivity index (χ4v) is 1.30. The van der Waals surface area contributed by atoms with E-state index in [0.717, 1.165) is 0 Å². The lowest BCUT2D eigenvalue weighted by Crippen LogP contribution is -2.05. The van der Waals surface area contributed by atoms with E-state index in [1.165, 1.54) is 0 Å². The van der Waals surface area contributed by atoms with Crippen molar-refractivity contribution >= 4 is 23.5 Å². The average molecular weight is 196 g/mol. The lowest BCUT2D eigenvalue weighted by atomic mass is 10.2. The van der Waals surface area contributed by atoms with Crippen LogP contribution in [0, 0.1) is 0 Å². The van der Waals surface area contributed by atoms with E-state index < -0.39 is 0 Å². The average Bonchev–Trinajstić information content (AvgIpc) is 2.53. The standard InChI is InChI=1S/C9H6ClNO2/c10-7-4-2-1-3-6(7)9-11-5-8(12)13-9/h1-4H,5H2. The van der Waals surface area contributed by atoms with Gasteiger partial charge >= 0.3 is 5.97 Å². The maximum absolute atomic E-state index is 10.8. The topological polar surface area (TPSA) is 38.7 Å². The van der Waals surface area contributed by atoms with Crippen LogP contribution in [0.3, 0.4) is 0 Å². The van der Waals surface area contributed by atoms with Crippen molar-refractivity contribution in [3.05, 3.63) is 34.9 Å². The minimum absolute atomic E-state index is 0.0839.